The zero-order chi connectivity index (χ0) is 19.3. The molecule has 1 heterocycles. The van der Waals surface area contributed by atoms with Crippen molar-refractivity contribution in [1.29, 1.82) is 0 Å². The van der Waals surface area contributed by atoms with E-state index in [2.05, 4.69) is 55.5 Å². The first-order chi connectivity index (χ1) is 13.7. The minimum Gasteiger partial charge on any atom is -0.352 e. The van der Waals surface area contributed by atoms with Crippen LogP contribution in [-0.2, 0) is 9.47 Å². The fourth-order valence-electron chi connectivity index (χ4n) is 4.50. The number of hydrogen-bond donors (Lipinski definition) is 0. The summed E-state index contributed by atoms with van der Waals surface area (Å²) in [5, 5.41) is 0.778. The average molecular weight is 397 g/mol. The van der Waals surface area contributed by atoms with Gasteiger partial charge in [-0.1, -0.05) is 60.2 Å². The predicted octanol–water partition coefficient (Wildman–Crippen LogP) is 6.85. The van der Waals surface area contributed by atoms with Crippen LogP contribution in [0.1, 0.15) is 44.1 Å². The van der Waals surface area contributed by atoms with Crippen LogP contribution in [0.5, 0.6) is 0 Å². The molecule has 1 aliphatic carbocycles. The maximum absolute atomic E-state index is 6.01. The molecule has 2 nitrogen and oxygen atoms in total. The molecule has 0 unspecified atom stereocenters. The first-order valence-electron chi connectivity index (χ1n) is 10.4. The zero-order valence-corrected chi connectivity index (χ0v) is 17.3. The number of hydrogen-bond acceptors (Lipinski definition) is 2. The molecule has 0 radical (unpaired) electrons. The van der Waals surface area contributed by atoms with Gasteiger partial charge in [-0.15, -0.1) is 0 Å². The number of halogens is 1. The molecule has 0 spiro atoms. The fourth-order valence-corrected chi connectivity index (χ4v) is 4.63. The minimum absolute atomic E-state index is 0.00487. The van der Waals surface area contributed by atoms with Gasteiger partial charge in [-0.2, -0.15) is 0 Å². The van der Waals surface area contributed by atoms with E-state index in [9.17, 15) is 0 Å². The number of benzene rings is 2. The third-order valence-corrected chi connectivity index (χ3v) is 6.38. The number of ether oxygens (including phenoxy) is 2. The molecule has 2 aromatic carbocycles. The normalized spacial score (nSPS) is 28.5. The average Bonchev–Trinajstić information content (AvgIpc) is 2.75. The summed E-state index contributed by atoms with van der Waals surface area (Å²) in [7, 11) is 0. The second kappa shape index (κ2) is 9.26. The highest BCUT2D eigenvalue weighted by Crippen LogP contribution is 2.39. The van der Waals surface area contributed by atoms with Gasteiger partial charge in [0.25, 0.3) is 0 Å². The standard InChI is InChI=1S/C25H29ClO2/c1-2-3-18-16-27-25(28-17-18)23-10-8-21(9-11-23)19-4-6-20(7-5-19)22-12-14-24(26)15-13-22/h2-7,12-15,18,21,23,25H,8-11,16-17H2,1H3. The lowest BCUT2D eigenvalue weighted by Gasteiger charge is -2.37. The van der Waals surface area contributed by atoms with E-state index in [1.165, 1.54) is 42.4 Å². The smallest absolute Gasteiger partial charge is 0.160 e. The molecule has 1 aliphatic heterocycles. The van der Waals surface area contributed by atoms with Gasteiger partial charge < -0.3 is 9.47 Å². The third kappa shape index (κ3) is 4.68. The van der Waals surface area contributed by atoms with Crippen molar-refractivity contribution in [2.24, 2.45) is 11.8 Å². The first kappa shape index (κ1) is 19.7. The number of allylic oxidation sites excluding steroid dienone is 1. The Hall–Kier alpha value is -1.61. The first-order valence-corrected chi connectivity index (χ1v) is 10.8. The Balaban J connectivity index is 1.31. The minimum atomic E-state index is -0.00487. The topological polar surface area (TPSA) is 18.5 Å². The van der Waals surface area contributed by atoms with Crippen molar-refractivity contribution >= 4 is 11.6 Å². The second-order valence-electron chi connectivity index (χ2n) is 8.06. The molecular weight excluding hydrogens is 368 g/mol. The van der Waals surface area contributed by atoms with Gasteiger partial charge in [0.2, 0.25) is 0 Å². The van der Waals surface area contributed by atoms with Gasteiger partial charge in [-0.05, 0) is 67.3 Å². The lowest BCUT2D eigenvalue weighted by Crippen LogP contribution is -2.37. The zero-order valence-electron chi connectivity index (χ0n) is 16.5. The Morgan fingerprint density at radius 3 is 1.96 bits per heavy atom. The van der Waals surface area contributed by atoms with E-state index in [4.69, 9.17) is 21.1 Å². The van der Waals surface area contributed by atoms with Gasteiger partial charge in [0.05, 0.1) is 13.2 Å². The molecule has 0 bridgehead atoms. The molecule has 1 saturated heterocycles. The maximum atomic E-state index is 6.01. The molecule has 2 aliphatic rings. The SMILES string of the molecule is CC=CC1COC(C2CCC(c3ccc(-c4ccc(Cl)cc4)cc3)CC2)OC1. The highest BCUT2D eigenvalue weighted by atomic mass is 35.5. The highest BCUT2D eigenvalue weighted by Gasteiger charge is 2.32. The summed E-state index contributed by atoms with van der Waals surface area (Å²) in [6.07, 6.45) is 9.06. The van der Waals surface area contributed by atoms with Crippen molar-refractivity contribution in [3.05, 3.63) is 71.3 Å². The molecule has 148 valence electrons. The van der Waals surface area contributed by atoms with E-state index in [0.717, 1.165) is 18.2 Å². The summed E-state index contributed by atoms with van der Waals surface area (Å²) in [6.45, 7) is 3.64. The van der Waals surface area contributed by atoms with E-state index in [-0.39, 0.29) is 6.29 Å². The summed E-state index contributed by atoms with van der Waals surface area (Å²) < 4.78 is 12.0. The van der Waals surface area contributed by atoms with Gasteiger partial charge in [0.1, 0.15) is 0 Å². The van der Waals surface area contributed by atoms with Crippen LogP contribution in [0.25, 0.3) is 11.1 Å². The van der Waals surface area contributed by atoms with Crippen molar-refractivity contribution in [2.75, 3.05) is 13.2 Å². The van der Waals surface area contributed by atoms with Gasteiger partial charge in [-0.25, -0.2) is 0 Å². The van der Waals surface area contributed by atoms with Crippen molar-refractivity contribution < 1.29 is 9.47 Å². The molecule has 1 saturated carbocycles. The molecule has 2 aromatic rings. The fraction of sp³-hybridized carbons (Fsp3) is 0.440. The summed E-state index contributed by atoms with van der Waals surface area (Å²) in [5.41, 5.74) is 3.91. The van der Waals surface area contributed by atoms with E-state index < -0.39 is 0 Å². The summed E-state index contributed by atoms with van der Waals surface area (Å²) >= 11 is 5.99. The summed E-state index contributed by atoms with van der Waals surface area (Å²) in [5.74, 6) is 1.60. The Bertz CT molecular complexity index is 765. The van der Waals surface area contributed by atoms with Crippen LogP contribution in [0.15, 0.2) is 60.7 Å². The van der Waals surface area contributed by atoms with Crippen molar-refractivity contribution in [1.82, 2.24) is 0 Å². The Morgan fingerprint density at radius 2 is 1.39 bits per heavy atom. The van der Waals surface area contributed by atoms with Gasteiger partial charge in [0, 0.05) is 16.9 Å². The van der Waals surface area contributed by atoms with Crippen LogP contribution in [0.3, 0.4) is 0 Å². The highest BCUT2D eigenvalue weighted by molar-refractivity contribution is 6.30. The lowest BCUT2D eigenvalue weighted by atomic mass is 9.78. The van der Waals surface area contributed by atoms with Crippen LogP contribution in [-0.4, -0.2) is 19.5 Å². The maximum Gasteiger partial charge on any atom is 0.160 e. The lowest BCUT2D eigenvalue weighted by molar-refractivity contribution is -0.222. The third-order valence-electron chi connectivity index (χ3n) is 6.13. The monoisotopic (exact) mass is 396 g/mol. The van der Waals surface area contributed by atoms with Gasteiger partial charge >= 0.3 is 0 Å². The molecule has 2 fully saturated rings. The predicted molar refractivity (Wildman–Crippen MR) is 116 cm³/mol. The van der Waals surface area contributed by atoms with Crippen LogP contribution in [0, 0.1) is 11.8 Å². The van der Waals surface area contributed by atoms with Crippen molar-refractivity contribution in [3.63, 3.8) is 0 Å². The molecule has 0 atom stereocenters. The van der Waals surface area contributed by atoms with E-state index >= 15 is 0 Å². The molecule has 0 aromatic heterocycles. The number of rotatable bonds is 4. The van der Waals surface area contributed by atoms with Gasteiger partial charge in [-0.3, -0.25) is 0 Å². The quantitative estimate of drug-likeness (QED) is 0.526. The van der Waals surface area contributed by atoms with E-state index in [1.807, 2.05) is 12.1 Å². The van der Waals surface area contributed by atoms with Crippen LogP contribution < -0.4 is 0 Å². The Labute approximate surface area is 173 Å². The van der Waals surface area contributed by atoms with E-state index in [0.29, 0.717) is 17.8 Å². The molecule has 0 N–H and O–H groups in total. The molecule has 4 rings (SSSR count). The van der Waals surface area contributed by atoms with Crippen LogP contribution in [0.4, 0.5) is 0 Å². The molecule has 0 amide bonds. The molecule has 28 heavy (non-hydrogen) atoms. The van der Waals surface area contributed by atoms with Crippen LogP contribution in [0.2, 0.25) is 5.02 Å². The van der Waals surface area contributed by atoms with Crippen molar-refractivity contribution in [2.45, 2.75) is 44.8 Å². The summed E-state index contributed by atoms with van der Waals surface area (Å²) in [4.78, 5) is 0. The molecule has 3 heteroatoms. The molecular formula is C25H29ClO2. The Kier molecular flexibility index (Phi) is 6.51. The summed E-state index contributed by atoms with van der Waals surface area (Å²) in [6, 6.07) is 17.1. The van der Waals surface area contributed by atoms with E-state index in [1.54, 1.807) is 0 Å². The largest absolute Gasteiger partial charge is 0.352 e. The Morgan fingerprint density at radius 1 is 0.821 bits per heavy atom. The second-order valence-corrected chi connectivity index (χ2v) is 8.50. The van der Waals surface area contributed by atoms with Gasteiger partial charge in [0.15, 0.2) is 6.29 Å². The van der Waals surface area contributed by atoms with Crippen LogP contribution >= 0.6 is 11.6 Å². The van der Waals surface area contributed by atoms with Crippen molar-refractivity contribution in [3.8, 4) is 11.1 Å².